The van der Waals surface area contributed by atoms with E-state index >= 15 is 0 Å². The lowest BCUT2D eigenvalue weighted by Gasteiger charge is -2.06. The van der Waals surface area contributed by atoms with Crippen molar-refractivity contribution in [3.05, 3.63) is 55.2 Å². The number of halogens is 1. The molecule has 0 saturated carbocycles. The number of rotatable bonds is 5. The van der Waals surface area contributed by atoms with Crippen molar-refractivity contribution < 1.29 is 14.8 Å². The molecule has 0 unspecified atom stereocenters. The first kappa shape index (κ1) is 14.3. The van der Waals surface area contributed by atoms with E-state index in [9.17, 15) is 14.9 Å². The number of nitro benzene ring substituents is 1. The Morgan fingerprint density at radius 1 is 1.40 bits per heavy atom. The second-order valence-electron chi connectivity index (χ2n) is 3.85. The molecule has 0 aliphatic rings. The number of nitro groups is 1. The molecule has 1 aromatic heterocycles. The molecule has 6 nitrogen and oxygen atoms in total. The SMILES string of the molecule is O=C(O)c1ccc([N+](=O)[O-])c(NCc2ccc(Cl)s2)c1. The number of aromatic carboxylic acids is 1. The Kier molecular flexibility index (Phi) is 4.21. The number of carboxylic acid groups (broad SMARTS) is 1. The second-order valence-corrected chi connectivity index (χ2v) is 5.65. The number of carbonyl (C=O) groups is 1. The number of carboxylic acids is 1. The van der Waals surface area contributed by atoms with E-state index in [0.29, 0.717) is 10.9 Å². The molecule has 2 N–H and O–H groups in total. The topological polar surface area (TPSA) is 92.5 Å². The normalized spacial score (nSPS) is 10.2. The molecule has 0 saturated heterocycles. The molecule has 0 fully saturated rings. The van der Waals surface area contributed by atoms with E-state index < -0.39 is 10.9 Å². The highest BCUT2D eigenvalue weighted by Crippen LogP contribution is 2.28. The van der Waals surface area contributed by atoms with Gasteiger partial charge < -0.3 is 10.4 Å². The average molecular weight is 313 g/mol. The summed E-state index contributed by atoms with van der Waals surface area (Å²) < 4.78 is 0.621. The predicted octanol–water partition coefficient (Wildman–Crippen LogP) is 3.62. The van der Waals surface area contributed by atoms with Gasteiger partial charge in [0.15, 0.2) is 0 Å². The summed E-state index contributed by atoms with van der Waals surface area (Å²) in [5.74, 6) is -1.14. The molecule has 2 aromatic rings. The van der Waals surface area contributed by atoms with Gasteiger partial charge >= 0.3 is 5.97 Å². The molecule has 0 radical (unpaired) electrons. The summed E-state index contributed by atoms with van der Waals surface area (Å²) >= 11 is 7.14. The molecule has 0 atom stereocenters. The van der Waals surface area contributed by atoms with E-state index in [1.165, 1.54) is 29.5 Å². The van der Waals surface area contributed by atoms with E-state index in [1.54, 1.807) is 12.1 Å². The van der Waals surface area contributed by atoms with Crippen LogP contribution in [0.4, 0.5) is 11.4 Å². The smallest absolute Gasteiger partial charge is 0.335 e. The Morgan fingerprint density at radius 2 is 2.15 bits per heavy atom. The molecule has 0 aliphatic heterocycles. The lowest BCUT2D eigenvalue weighted by atomic mass is 10.1. The first-order chi connectivity index (χ1) is 9.47. The van der Waals surface area contributed by atoms with E-state index in [2.05, 4.69) is 5.32 Å². The molecule has 1 aromatic carbocycles. The van der Waals surface area contributed by atoms with Crippen LogP contribution in [0.2, 0.25) is 4.34 Å². The van der Waals surface area contributed by atoms with Gasteiger partial charge in [0.2, 0.25) is 0 Å². The van der Waals surface area contributed by atoms with Crippen LogP contribution < -0.4 is 5.32 Å². The Labute approximate surface area is 122 Å². The van der Waals surface area contributed by atoms with Gasteiger partial charge in [0.25, 0.3) is 5.69 Å². The first-order valence-corrected chi connectivity index (χ1v) is 6.66. The molecule has 0 amide bonds. The number of nitrogens with zero attached hydrogens (tertiary/aromatic N) is 1. The van der Waals surface area contributed by atoms with Crippen molar-refractivity contribution in [2.24, 2.45) is 0 Å². The third-order valence-electron chi connectivity index (χ3n) is 2.52. The zero-order valence-electron chi connectivity index (χ0n) is 10.00. The van der Waals surface area contributed by atoms with Crippen molar-refractivity contribution in [2.75, 3.05) is 5.32 Å². The largest absolute Gasteiger partial charge is 0.478 e. The molecule has 2 rings (SSSR count). The van der Waals surface area contributed by atoms with Crippen LogP contribution in [0.3, 0.4) is 0 Å². The number of hydrogen-bond acceptors (Lipinski definition) is 5. The summed E-state index contributed by atoms with van der Waals surface area (Å²) in [5.41, 5.74) is -0.0145. The Morgan fingerprint density at radius 3 is 2.70 bits per heavy atom. The summed E-state index contributed by atoms with van der Waals surface area (Å²) in [4.78, 5) is 22.2. The zero-order valence-corrected chi connectivity index (χ0v) is 11.6. The summed E-state index contributed by atoms with van der Waals surface area (Å²) in [6.07, 6.45) is 0. The molecule has 20 heavy (non-hydrogen) atoms. The Hall–Kier alpha value is -2.12. The van der Waals surface area contributed by atoms with E-state index in [-0.39, 0.29) is 16.9 Å². The van der Waals surface area contributed by atoms with Crippen LogP contribution >= 0.6 is 22.9 Å². The monoisotopic (exact) mass is 312 g/mol. The van der Waals surface area contributed by atoms with Crippen molar-refractivity contribution in [2.45, 2.75) is 6.54 Å². The number of anilines is 1. The maximum atomic E-state index is 10.9. The average Bonchev–Trinajstić information content (AvgIpc) is 2.81. The van der Waals surface area contributed by atoms with Crippen molar-refractivity contribution >= 4 is 40.3 Å². The van der Waals surface area contributed by atoms with Gasteiger partial charge in [0.05, 0.1) is 14.8 Å². The maximum Gasteiger partial charge on any atom is 0.335 e. The fourth-order valence-electron chi connectivity index (χ4n) is 1.60. The standard InChI is InChI=1S/C12H9ClN2O4S/c13-11-4-2-8(20-11)6-14-9-5-7(12(16)17)1-3-10(9)15(18)19/h1-5,14H,6H2,(H,16,17). The Bertz CT molecular complexity index is 671. The van der Waals surface area contributed by atoms with Gasteiger partial charge in [-0.2, -0.15) is 0 Å². The molecular formula is C12H9ClN2O4S. The number of nitrogens with one attached hydrogen (secondary N) is 1. The van der Waals surface area contributed by atoms with Crippen molar-refractivity contribution in [1.82, 2.24) is 0 Å². The zero-order chi connectivity index (χ0) is 14.7. The van der Waals surface area contributed by atoms with Gasteiger partial charge in [-0.15, -0.1) is 11.3 Å². The molecular weight excluding hydrogens is 304 g/mol. The first-order valence-electron chi connectivity index (χ1n) is 5.47. The highest BCUT2D eigenvalue weighted by atomic mass is 35.5. The van der Waals surface area contributed by atoms with Gasteiger partial charge in [-0.1, -0.05) is 11.6 Å². The van der Waals surface area contributed by atoms with E-state index in [1.807, 2.05) is 0 Å². The molecule has 0 aliphatic carbocycles. The van der Waals surface area contributed by atoms with Crippen LogP contribution in [0, 0.1) is 10.1 Å². The van der Waals surface area contributed by atoms with Gasteiger partial charge in [-0.25, -0.2) is 4.79 Å². The summed E-state index contributed by atoms with van der Waals surface area (Å²) in [5, 5.41) is 22.7. The fourth-order valence-corrected chi connectivity index (χ4v) is 2.63. The second kappa shape index (κ2) is 5.89. The fraction of sp³-hybridized carbons (Fsp3) is 0.0833. The summed E-state index contributed by atoms with van der Waals surface area (Å²) in [7, 11) is 0. The van der Waals surface area contributed by atoms with E-state index in [0.717, 1.165) is 4.88 Å². The summed E-state index contributed by atoms with van der Waals surface area (Å²) in [6, 6.07) is 7.15. The Balaban J connectivity index is 2.25. The number of thiophene rings is 1. The molecule has 1 heterocycles. The highest BCUT2D eigenvalue weighted by molar-refractivity contribution is 7.16. The lowest BCUT2D eigenvalue weighted by Crippen LogP contribution is -2.04. The predicted molar refractivity (Wildman–Crippen MR) is 76.7 cm³/mol. The van der Waals surface area contributed by atoms with Crippen LogP contribution in [-0.2, 0) is 6.54 Å². The lowest BCUT2D eigenvalue weighted by molar-refractivity contribution is -0.384. The van der Waals surface area contributed by atoms with Gasteiger partial charge in [-0.3, -0.25) is 10.1 Å². The van der Waals surface area contributed by atoms with Crippen LogP contribution in [0.25, 0.3) is 0 Å². The third kappa shape index (κ3) is 3.25. The quantitative estimate of drug-likeness (QED) is 0.649. The number of hydrogen-bond donors (Lipinski definition) is 2. The van der Waals surface area contributed by atoms with Crippen LogP contribution in [-0.4, -0.2) is 16.0 Å². The molecule has 104 valence electrons. The minimum atomic E-state index is -1.14. The minimum absolute atomic E-state index is 0.0117. The van der Waals surface area contributed by atoms with Crippen LogP contribution in [0.5, 0.6) is 0 Å². The van der Waals surface area contributed by atoms with Gasteiger partial charge in [0, 0.05) is 17.5 Å². The van der Waals surface area contributed by atoms with E-state index in [4.69, 9.17) is 16.7 Å². The van der Waals surface area contributed by atoms with Crippen LogP contribution in [0.15, 0.2) is 30.3 Å². The van der Waals surface area contributed by atoms with Crippen LogP contribution in [0.1, 0.15) is 15.2 Å². The van der Waals surface area contributed by atoms with Gasteiger partial charge in [0.1, 0.15) is 5.69 Å². The molecule has 8 heteroatoms. The minimum Gasteiger partial charge on any atom is -0.478 e. The van der Waals surface area contributed by atoms with Crippen molar-refractivity contribution in [3.63, 3.8) is 0 Å². The number of benzene rings is 1. The maximum absolute atomic E-state index is 10.9. The van der Waals surface area contributed by atoms with Crippen molar-refractivity contribution in [1.29, 1.82) is 0 Å². The van der Waals surface area contributed by atoms with Crippen molar-refractivity contribution in [3.8, 4) is 0 Å². The molecule has 0 bridgehead atoms. The third-order valence-corrected chi connectivity index (χ3v) is 3.75. The molecule has 0 spiro atoms. The highest BCUT2D eigenvalue weighted by Gasteiger charge is 2.16. The van der Waals surface area contributed by atoms with Gasteiger partial charge in [-0.05, 0) is 24.3 Å². The summed E-state index contributed by atoms with van der Waals surface area (Å²) in [6.45, 7) is 0.335.